The van der Waals surface area contributed by atoms with Gasteiger partial charge in [0.25, 0.3) is 5.91 Å². The average Bonchev–Trinajstić information content (AvgIpc) is 2.36. The molecular weight excluding hydrogens is 228 g/mol. The molecule has 1 amide bonds. The van der Waals surface area contributed by atoms with E-state index in [1.807, 2.05) is 17.0 Å². The number of amides is 1. The first-order chi connectivity index (χ1) is 8.65. The molecule has 4 heteroatoms. The number of rotatable bonds is 3. The Morgan fingerprint density at radius 1 is 1.56 bits per heavy atom. The fourth-order valence-electron chi connectivity index (χ4n) is 2.26. The summed E-state index contributed by atoms with van der Waals surface area (Å²) in [5, 5.41) is 0. The van der Waals surface area contributed by atoms with Gasteiger partial charge in [0.05, 0.1) is 0 Å². The fraction of sp³-hybridized carbons (Fsp3) is 0.500. The van der Waals surface area contributed by atoms with E-state index in [1.165, 1.54) is 6.42 Å². The molecule has 1 aromatic rings. The SMILES string of the molecule is C[C@H]1CCCN(C(=O)COc2cccc(N)c2)C1. The van der Waals surface area contributed by atoms with Crippen molar-refractivity contribution in [3.63, 3.8) is 0 Å². The minimum Gasteiger partial charge on any atom is -0.484 e. The maximum absolute atomic E-state index is 12.0. The number of ether oxygens (including phenoxy) is 1. The molecule has 1 atom stereocenters. The number of benzene rings is 1. The topological polar surface area (TPSA) is 55.6 Å². The zero-order chi connectivity index (χ0) is 13.0. The van der Waals surface area contributed by atoms with E-state index in [-0.39, 0.29) is 12.5 Å². The van der Waals surface area contributed by atoms with Gasteiger partial charge in [-0.2, -0.15) is 0 Å². The van der Waals surface area contributed by atoms with E-state index >= 15 is 0 Å². The molecule has 1 saturated heterocycles. The van der Waals surface area contributed by atoms with E-state index in [4.69, 9.17) is 10.5 Å². The first-order valence-electron chi connectivity index (χ1n) is 6.41. The molecule has 0 bridgehead atoms. The zero-order valence-electron chi connectivity index (χ0n) is 10.8. The smallest absolute Gasteiger partial charge is 0.260 e. The highest BCUT2D eigenvalue weighted by atomic mass is 16.5. The van der Waals surface area contributed by atoms with Gasteiger partial charge in [0, 0.05) is 24.8 Å². The molecule has 4 nitrogen and oxygen atoms in total. The number of piperidine rings is 1. The van der Waals surface area contributed by atoms with Gasteiger partial charge in [-0.05, 0) is 30.9 Å². The first-order valence-corrected chi connectivity index (χ1v) is 6.41. The molecule has 1 heterocycles. The largest absolute Gasteiger partial charge is 0.484 e. The molecule has 0 spiro atoms. The van der Waals surface area contributed by atoms with Crippen molar-refractivity contribution in [2.45, 2.75) is 19.8 Å². The Hall–Kier alpha value is -1.71. The van der Waals surface area contributed by atoms with Crippen LogP contribution < -0.4 is 10.5 Å². The van der Waals surface area contributed by atoms with Crippen LogP contribution in [0.5, 0.6) is 5.75 Å². The zero-order valence-corrected chi connectivity index (χ0v) is 10.8. The van der Waals surface area contributed by atoms with Crippen LogP contribution in [-0.4, -0.2) is 30.5 Å². The Kier molecular flexibility index (Phi) is 4.07. The summed E-state index contributed by atoms with van der Waals surface area (Å²) in [5.74, 6) is 1.30. The number of carbonyl (C=O) groups is 1. The van der Waals surface area contributed by atoms with Gasteiger partial charge >= 0.3 is 0 Å². The van der Waals surface area contributed by atoms with Crippen molar-refractivity contribution in [3.05, 3.63) is 24.3 Å². The summed E-state index contributed by atoms with van der Waals surface area (Å²) in [4.78, 5) is 13.9. The van der Waals surface area contributed by atoms with Crippen molar-refractivity contribution < 1.29 is 9.53 Å². The standard InChI is InChI=1S/C14H20N2O2/c1-11-4-3-7-16(9-11)14(17)10-18-13-6-2-5-12(15)8-13/h2,5-6,8,11H,3-4,7,9-10,15H2,1H3/t11-/m0/s1. The monoisotopic (exact) mass is 248 g/mol. The van der Waals surface area contributed by atoms with Crippen LogP contribution >= 0.6 is 0 Å². The van der Waals surface area contributed by atoms with Gasteiger partial charge in [0.1, 0.15) is 5.75 Å². The number of hydrogen-bond donors (Lipinski definition) is 1. The Bertz CT molecular complexity index is 420. The summed E-state index contributed by atoms with van der Waals surface area (Å²) in [5.41, 5.74) is 6.30. The van der Waals surface area contributed by atoms with Crippen molar-refractivity contribution in [1.29, 1.82) is 0 Å². The predicted molar refractivity (Wildman–Crippen MR) is 71.3 cm³/mol. The molecule has 18 heavy (non-hydrogen) atoms. The molecule has 0 saturated carbocycles. The van der Waals surface area contributed by atoms with E-state index in [2.05, 4.69) is 6.92 Å². The van der Waals surface area contributed by atoms with Crippen LogP contribution in [0.15, 0.2) is 24.3 Å². The van der Waals surface area contributed by atoms with Crippen LogP contribution in [0.4, 0.5) is 5.69 Å². The van der Waals surface area contributed by atoms with Gasteiger partial charge in [-0.3, -0.25) is 4.79 Å². The second-order valence-electron chi connectivity index (χ2n) is 4.95. The van der Waals surface area contributed by atoms with Crippen molar-refractivity contribution in [3.8, 4) is 5.75 Å². The highest BCUT2D eigenvalue weighted by molar-refractivity contribution is 5.77. The number of likely N-dealkylation sites (tertiary alicyclic amines) is 1. The van der Waals surface area contributed by atoms with Gasteiger partial charge in [-0.15, -0.1) is 0 Å². The molecule has 98 valence electrons. The fourth-order valence-corrected chi connectivity index (χ4v) is 2.26. The predicted octanol–water partition coefficient (Wildman–Crippen LogP) is 1.91. The van der Waals surface area contributed by atoms with Crippen LogP contribution in [0.3, 0.4) is 0 Å². The van der Waals surface area contributed by atoms with Gasteiger partial charge in [-0.1, -0.05) is 13.0 Å². The highest BCUT2D eigenvalue weighted by Gasteiger charge is 2.20. The molecule has 1 aliphatic heterocycles. The summed E-state index contributed by atoms with van der Waals surface area (Å²) >= 11 is 0. The number of anilines is 1. The Morgan fingerprint density at radius 2 is 2.39 bits per heavy atom. The third kappa shape index (κ3) is 3.39. The van der Waals surface area contributed by atoms with Gasteiger partial charge in [0.2, 0.25) is 0 Å². The van der Waals surface area contributed by atoms with Crippen LogP contribution in [0.1, 0.15) is 19.8 Å². The van der Waals surface area contributed by atoms with Crippen LogP contribution in [0.2, 0.25) is 0 Å². The lowest BCUT2D eigenvalue weighted by atomic mass is 10.0. The molecule has 1 fully saturated rings. The lowest BCUT2D eigenvalue weighted by molar-refractivity contribution is -0.135. The molecule has 0 radical (unpaired) electrons. The van der Waals surface area contributed by atoms with Crippen LogP contribution in [0.25, 0.3) is 0 Å². The lowest BCUT2D eigenvalue weighted by Crippen LogP contribution is -2.41. The van der Waals surface area contributed by atoms with Gasteiger partial charge in [0.15, 0.2) is 6.61 Å². The Balaban J connectivity index is 1.84. The molecule has 0 aliphatic carbocycles. The Morgan fingerprint density at radius 3 is 3.11 bits per heavy atom. The molecule has 1 aromatic carbocycles. The van der Waals surface area contributed by atoms with Crippen molar-refractivity contribution >= 4 is 11.6 Å². The quantitative estimate of drug-likeness (QED) is 0.831. The maximum Gasteiger partial charge on any atom is 0.260 e. The number of nitrogens with two attached hydrogens (primary N) is 1. The minimum atomic E-state index is 0.0592. The Labute approximate surface area is 108 Å². The number of nitrogens with zero attached hydrogens (tertiary/aromatic N) is 1. The summed E-state index contributed by atoms with van der Waals surface area (Å²) in [7, 11) is 0. The van der Waals surface area contributed by atoms with Gasteiger partial charge in [-0.25, -0.2) is 0 Å². The molecule has 1 aliphatic rings. The normalized spacial score (nSPS) is 19.6. The number of carbonyl (C=O) groups excluding carboxylic acids is 1. The summed E-state index contributed by atoms with van der Waals surface area (Å²) in [6.45, 7) is 3.97. The molecule has 2 N–H and O–H groups in total. The number of nitrogen functional groups attached to an aromatic ring is 1. The molecule has 0 unspecified atom stereocenters. The highest BCUT2D eigenvalue weighted by Crippen LogP contribution is 2.17. The first kappa shape index (κ1) is 12.7. The summed E-state index contributed by atoms with van der Waals surface area (Å²) < 4.78 is 5.47. The van der Waals surface area contributed by atoms with Crippen molar-refractivity contribution in [1.82, 2.24) is 4.90 Å². The van der Waals surface area contributed by atoms with E-state index < -0.39 is 0 Å². The average molecular weight is 248 g/mol. The van der Waals surface area contributed by atoms with E-state index in [9.17, 15) is 4.79 Å². The van der Waals surface area contributed by atoms with E-state index in [0.29, 0.717) is 17.4 Å². The van der Waals surface area contributed by atoms with Gasteiger partial charge < -0.3 is 15.4 Å². The second-order valence-corrected chi connectivity index (χ2v) is 4.95. The van der Waals surface area contributed by atoms with Crippen LogP contribution in [-0.2, 0) is 4.79 Å². The minimum absolute atomic E-state index is 0.0592. The molecule has 2 rings (SSSR count). The molecule has 0 aromatic heterocycles. The maximum atomic E-state index is 12.0. The number of hydrogen-bond acceptors (Lipinski definition) is 3. The second kappa shape index (κ2) is 5.76. The lowest BCUT2D eigenvalue weighted by Gasteiger charge is -2.30. The summed E-state index contributed by atoms with van der Waals surface area (Å²) in [6.07, 6.45) is 2.30. The third-order valence-corrected chi connectivity index (χ3v) is 3.23. The summed E-state index contributed by atoms with van der Waals surface area (Å²) in [6, 6.07) is 7.15. The van der Waals surface area contributed by atoms with E-state index in [0.717, 1.165) is 19.5 Å². The van der Waals surface area contributed by atoms with E-state index in [1.54, 1.807) is 12.1 Å². The van der Waals surface area contributed by atoms with Crippen molar-refractivity contribution in [2.24, 2.45) is 5.92 Å². The van der Waals surface area contributed by atoms with Crippen LogP contribution in [0, 0.1) is 5.92 Å². The third-order valence-electron chi connectivity index (χ3n) is 3.23. The molecular formula is C14H20N2O2. The van der Waals surface area contributed by atoms with Crippen molar-refractivity contribution in [2.75, 3.05) is 25.4 Å².